The van der Waals surface area contributed by atoms with Crippen LogP contribution in [0, 0.1) is 0 Å². The van der Waals surface area contributed by atoms with Crippen LogP contribution in [-0.4, -0.2) is 23.7 Å². The van der Waals surface area contributed by atoms with Crippen LogP contribution in [0.3, 0.4) is 0 Å². The molecule has 22 heavy (non-hydrogen) atoms. The first-order valence-electron chi connectivity index (χ1n) is 6.67. The van der Waals surface area contributed by atoms with Crippen molar-refractivity contribution < 1.29 is 14.7 Å². The first kappa shape index (κ1) is 15.9. The van der Waals surface area contributed by atoms with Gasteiger partial charge >= 0.3 is 12.0 Å². The Morgan fingerprint density at radius 3 is 2.50 bits per heavy atom. The highest BCUT2D eigenvalue weighted by Gasteiger charge is 2.05. The first-order chi connectivity index (χ1) is 10.5. The first-order valence-corrected chi connectivity index (χ1v) is 7.05. The molecule has 2 aromatic carbocycles. The van der Waals surface area contributed by atoms with E-state index in [9.17, 15) is 9.59 Å². The summed E-state index contributed by atoms with van der Waals surface area (Å²) in [5, 5.41) is 14.9. The van der Waals surface area contributed by atoms with Crippen LogP contribution in [0.4, 0.5) is 10.5 Å². The Balaban J connectivity index is 1.81. The second-order valence-electron chi connectivity index (χ2n) is 4.64. The molecule has 2 aromatic rings. The lowest BCUT2D eigenvalue weighted by Gasteiger charge is -2.08. The quantitative estimate of drug-likeness (QED) is 0.790. The third-order valence-corrected chi connectivity index (χ3v) is 3.23. The van der Waals surface area contributed by atoms with Crippen LogP contribution in [0.15, 0.2) is 48.5 Å². The molecule has 6 heteroatoms. The average Bonchev–Trinajstić information content (AvgIpc) is 2.49. The maximum absolute atomic E-state index is 11.7. The zero-order chi connectivity index (χ0) is 15.9. The van der Waals surface area contributed by atoms with Crippen molar-refractivity contribution in [1.82, 2.24) is 5.32 Å². The number of benzene rings is 2. The van der Waals surface area contributed by atoms with Gasteiger partial charge in [-0.3, -0.25) is 0 Å². The summed E-state index contributed by atoms with van der Waals surface area (Å²) in [6.45, 7) is 0.464. The molecule has 0 heterocycles. The van der Waals surface area contributed by atoms with Gasteiger partial charge in [-0.2, -0.15) is 0 Å². The molecule has 0 saturated heterocycles. The number of anilines is 1. The van der Waals surface area contributed by atoms with Crippen molar-refractivity contribution in [2.24, 2.45) is 0 Å². The van der Waals surface area contributed by atoms with Crippen molar-refractivity contribution in [3.05, 3.63) is 64.7 Å². The number of carboxylic acid groups (broad SMARTS) is 1. The Kier molecular flexibility index (Phi) is 5.38. The Morgan fingerprint density at radius 2 is 1.82 bits per heavy atom. The summed E-state index contributed by atoms with van der Waals surface area (Å²) in [7, 11) is 0. The van der Waals surface area contributed by atoms with Crippen molar-refractivity contribution in [2.75, 3.05) is 11.9 Å². The van der Waals surface area contributed by atoms with E-state index in [1.807, 2.05) is 12.1 Å². The topological polar surface area (TPSA) is 78.4 Å². The zero-order valence-electron chi connectivity index (χ0n) is 11.7. The van der Waals surface area contributed by atoms with Gasteiger partial charge < -0.3 is 15.7 Å². The molecule has 0 aliphatic heterocycles. The van der Waals surface area contributed by atoms with Crippen LogP contribution in [0.5, 0.6) is 0 Å². The van der Waals surface area contributed by atoms with Crippen LogP contribution >= 0.6 is 11.6 Å². The SMILES string of the molecule is O=C(NCCc1ccc(Cl)cc1)Nc1cccc(C(=O)O)c1. The molecule has 0 radical (unpaired) electrons. The zero-order valence-corrected chi connectivity index (χ0v) is 12.4. The van der Waals surface area contributed by atoms with Crippen LogP contribution in [0.2, 0.25) is 5.02 Å². The maximum Gasteiger partial charge on any atom is 0.335 e. The monoisotopic (exact) mass is 318 g/mol. The largest absolute Gasteiger partial charge is 0.478 e. The predicted molar refractivity (Wildman–Crippen MR) is 85.6 cm³/mol. The van der Waals surface area contributed by atoms with Gasteiger partial charge in [0.15, 0.2) is 0 Å². The Hall–Kier alpha value is -2.53. The molecule has 0 aliphatic rings. The molecule has 0 aromatic heterocycles. The van der Waals surface area contributed by atoms with Gasteiger partial charge in [0.25, 0.3) is 0 Å². The van der Waals surface area contributed by atoms with Crippen molar-refractivity contribution in [3.63, 3.8) is 0 Å². The number of amides is 2. The summed E-state index contributed by atoms with van der Waals surface area (Å²) >= 11 is 5.80. The van der Waals surface area contributed by atoms with Crippen LogP contribution < -0.4 is 10.6 Å². The molecule has 3 N–H and O–H groups in total. The third kappa shape index (κ3) is 4.79. The lowest BCUT2D eigenvalue weighted by Crippen LogP contribution is -2.30. The molecule has 114 valence electrons. The van der Waals surface area contributed by atoms with E-state index in [0.29, 0.717) is 23.7 Å². The molecule has 0 saturated carbocycles. The summed E-state index contributed by atoms with van der Waals surface area (Å²) in [5.41, 5.74) is 1.63. The van der Waals surface area contributed by atoms with Gasteiger partial charge in [0.05, 0.1) is 5.56 Å². The van der Waals surface area contributed by atoms with E-state index in [1.165, 1.54) is 12.1 Å². The molecular formula is C16H15ClN2O3. The minimum atomic E-state index is -1.04. The number of carboxylic acids is 1. The van der Waals surface area contributed by atoms with E-state index in [1.54, 1.807) is 24.3 Å². The van der Waals surface area contributed by atoms with Crippen molar-refractivity contribution in [3.8, 4) is 0 Å². The highest BCUT2D eigenvalue weighted by molar-refractivity contribution is 6.30. The number of aromatic carboxylic acids is 1. The fourth-order valence-corrected chi connectivity index (χ4v) is 2.00. The highest BCUT2D eigenvalue weighted by atomic mass is 35.5. The van der Waals surface area contributed by atoms with Crippen LogP contribution in [-0.2, 0) is 6.42 Å². The molecular weight excluding hydrogens is 304 g/mol. The third-order valence-electron chi connectivity index (χ3n) is 2.98. The smallest absolute Gasteiger partial charge is 0.335 e. The molecule has 2 rings (SSSR count). The number of rotatable bonds is 5. The summed E-state index contributed by atoms with van der Waals surface area (Å²) in [5.74, 6) is -1.04. The van der Waals surface area contributed by atoms with E-state index in [-0.39, 0.29) is 11.6 Å². The number of urea groups is 1. The minimum absolute atomic E-state index is 0.124. The van der Waals surface area contributed by atoms with Gasteiger partial charge in [0.1, 0.15) is 0 Å². The Morgan fingerprint density at radius 1 is 1.09 bits per heavy atom. The molecule has 0 bridgehead atoms. The number of carbonyl (C=O) groups excluding carboxylic acids is 1. The van der Waals surface area contributed by atoms with Gasteiger partial charge in [-0.05, 0) is 42.3 Å². The summed E-state index contributed by atoms with van der Waals surface area (Å²) < 4.78 is 0. The van der Waals surface area contributed by atoms with Gasteiger partial charge in [-0.1, -0.05) is 29.8 Å². The fraction of sp³-hybridized carbons (Fsp3) is 0.125. The van der Waals surface area contributed by atoms with E-state index in [0.717, 1.165) is 5.56 Å². The van der Waals surface area contributed by atoms with Gasteiger partial charge in [0.2, 0.25) is 0 Å². The van der Waals surface area contributed by atoms with Crippen LogP contribution in [0.25, 0.3) is 0 Å². The molecule has 0 spiro atoms. The van der Waals surface area contributed by atoms with E-state index in [2.05, 4.69) is 10.6 Å². The second kappa shape index (κ2) is 7.47. The molecule has 0 aliphatic carbocycles. The fourth-order valence-electron chi connectivity index (χ4n) is 1.88. The summed E-state index contributed by atoms with van der Waals surface area (Å²) in [4.78, 5) is 22.6. The lowest BCUT2D eigenvalue weighted by atomic mass is 10.1. The lowest BCUT2D eigenvalue weighted by molar-refractivity contribution is 0.0697. The number of hydrogen-bond acceptors (Lipinski definition) is 2. The van der Waals surface area contributed by atoms with Gasteiger partial charge in [-0.25, -0.2) is 9.59 Å². The number of halogens is 1. The highest BCUT2D eigenvalue weighted by Crippen LogP contribution is 2.11. The van der Waals surface area contributed by atoms with Gasteiger partial charge in [-0.15, -0.1) is 0 Å². The van der Waals surface area contributed by atoms with Crippen molar-refractivity contribution in [2.45, 2.75) is 6.42 Å². The Labute approximate surface area is 132 Å². The molecule has 0 unspecified atom stereocenters. The normalized spacial score (nSPS) is 10.0. The number of carbonyl (C=O) groups is 2. The number of hydrogen-bond donors (Lipinski definition) is 3. The molecule has 0 atom stereocenters. The molecule has 0 fully saturated rings. The average molecular weight is 319 g/mol. The minimum Gasteiger partial charge on any atom is -0.478 e. The standard InChI is InChI=1S/C16H15ClN2O3/c17-13-6-4-11(5-7-13)8-9-18-16(22)19-14-3-1-2-12(10-14)15(20)21/h1-7,10H,8-9H2,(H,20,21)(H2,18,19,22). The summed E-state index contributed by atoms with van der Waals surface area (Å²) in [6.07, 6.45) is 0.680. The maximum atomic E-state index is 11.7. The van der Waals surface area contributed by atoms with E-state index in [4.69, 9.17) is 16.7 Å². The van der Waals surface area contributed by atoms with Gasteiger partial charge in [0, 0.05) is 17.3 Å². The number of nitrogens with one attached hydrogen (secondary N) is 2. The summed E-state index contributed by atoms with van der Waals surface area (Å²) in [6, 6.07) is 13.1. The second-order valence-corrected chi connectivity index (χ2v) is 5.08. The van der Waals surface area contributed by atoms with Crippen molar-refractivity contribution >= 4 is 29.3 Å². The molecule has 5 nitrogen and oxygen atoms in total. The molecule has 2 amide bonds. The Bertz CT molecular complexity index is 671. The van der Waals surface area contributed by atoms with E-state index < -0.39 is 5.97 Å². The van der Waals surface area contributed by atoms with E-state index >= 15 is 0 Å². The van der Waals surface area contributed by atoms with Crippen LogP contribution in [0.1, 0.15) is 15.9 Å². The van der Waals surface area contributed by atoms with Crippen molar-refractivity contribution in [1.29, 1.82) is 0 Å². The predicted octanol–water partition coefficient (Wildman–Crippen LogP) is 3.40.